The third kappa shape index (κ3) is 4.62. The average Bonchev–Trinajstić information content (AvgIpc) is 2.03. The smallest absolute Gasteiger partial charge is 0.319 e. The molecule has 0 heterocycles. The molecule has 0 rings (SSSR count). The summed E-state index contributed by atoms with van der Waals surface area (Å²) in [5.41, 5.74) is 0. The number of carbonyl (C=O) groups is 1. The first-order valence-corrected chi connectivity index (χ1v) is 5.12. The molecule has 0 spiro atoms. The Morgan fingerprint density at radius 1 is 1.50 bits per heavy atom. The Morgan fingerprint density at radius 3 is 2.50 bits per heavy atom. The molecule has 0 aliphatic carbocycles. The maximum absolute atomic E-state index is 11.2. The van der Waals surface area contributed by atoms with E-state index < -0.39 is 0 Å². The summed E-state index contributed by atoms with van der Waals surface area (Å²) in [5, 5.41) is -0.0932. The second kappa shape index (κ2) is 6.31. The number of rotatable bonds is 5. The topological polar surface area (TPSA) is 35.5 Å². The van der Waals surface area contributed by atoms with Crippen LogP contribution < -0.4 is 0 Å². The summed E-state index contributed by atoms with van der Waals surface area (Å²) in [6.45, 7) is 4.09. The van der Waals surface area contributed by atoms with Crippen molar-refractivity contribution in [3.8, 4) is 0 Å². The van der Waals surface area contributed by atoms with E-state index in [0.29, 0.717) is 6.61 Å². The first kappa shape index (κ1) is 11.8. The van der Waals surface area contributed by atoms with Gasteiger partial charge in [-0.2, -0.15) is 11.8 Å². The van der Waals surface area contributed by atoms with Crippen LogP contribution in [0.15, 0.2) is 0 Å². The third-order valence-corrected chi connectivity index (χ3v) is 2.30. The molecule has 0 bridgehead atoms. The molecule has 0 aromatic heterocycles. The number of carbonyl (C=O) groups excluding carboxylic acids is 1. The molecular formula is C8H16O3S. The molecule has 0 aliphatic heterocycles. The van der Waals surface area contributed by atoms with E-state index in [4.69, 9.17) is 9.47 Å². The maximum Gasteiger partial charge on any atom is 0.319 e. The molecule has 0 aliphatic rings. The van der Waals surface area contributed by atoms with E-state index in [9.17, 15) is 4.79 Å². The Labute approximate surface area is 77.8 Å². The standard InChI is InChI=1S/C8H16O3S/c1-6(5-10-3)11-8(9)7(2)12-4/h6-7H,5H2,1-4H3. The minimum Gasteiger partial charge on any atom is -0.459 e. The molecule has 4 heteroatoms. The molecule has 0 amide bonds. The van der Waals surface area contributed by atoms with Crippen LogP contribution in [0.1, 0.15) is 13.8 Å². The van der Waals surface area contributed by atoms with Gasteiger partial charge in [-0.25, -0.2) is 0 Å². The van der Waals surface area contributed by atoms with E-state index in [0.717, 1.165) is 0 Å². The first-order valence-electron chi connectivity index (χ1n) is 3.84. The van der Waals surface area contributed by atoms with Crippen LogP contribution in [0.4, 0.5) is 0 Å². The van der Waals surface area contributed by atoms with Gasteiger partial charge in [-0.05, 0) is 20.1 Å². The number of thioether (sulfide) groups is 1. The van der Waals surface area contributed by atoms with E-state index in [-0.39, 0.29) is 17.3 Å². The molecule has 0 aromatic rings. The van der Waals surface area contributed by atoms with Crippen molar-refractivity contribution in [3.05, 3.63) is 0 Å². The zero-order valence-electron chi connectivity index (χ0n) is 7.99. The van der Waals surface area contributed by atoms with Crippen molar-refractivity contribution in [2.24, 2.45) is 0 Å². The second-order valence-electron chi connectivity index (χ2n) is 2.58. The number of esters is 1. The van der Waals surface area contributed by atoms with Crippen LogP contribution in [0.2, 0.25) is 0 Å². The minimum absolute atomic E-state index is 0.0932. The largest absolute Gasteiger partial charge is 0.459 e. The fourth-order valence-corrected chi connectivity index (χ4v) is 0.907. The van der Waals surface area contributed by atoms with Gasteiger partial charge >= 0.3 is 5.97 Å². The Bertz CT molecular complexity index is 138. The van der Waals surface area contributed by atoms with Crippen molar-refractivity contribution in [2.45, 2.75) is 25.2 Å². The highest BCUT2D eigenvalue weighted by molar-refractivity contribution is 7.99. The maximum atomic E-state index is 11.2. The van der Waals surface area contributed by atoms with E-state index in [2.05, 4.69) is 0 Å². The lowest BCUT2D eigenvalue weighted by Crippen LogP contribution is -2.25. The number of hydrogen-bond donors (Lipinski definition) is 0. The zero-order valence-corrected chi connectivity index (χ0v) is 8.81. The number of methoxy groups -OCH3 is 1. The molecule has 0 radical (unpaired) electrons. The third-order valence-electron chi connectivity index (χ3n) is 1.40. The van der Waals surface area contributed by atoms with Crippen LogP contribution in [0.5, 0.6) is 0 Å². The second-order valence-corrected chi connectivity index (χ2v) is 3.76. The van der Waals surface area contributed by atoms with Crippen molar-refractivity contribution in [2.75, 3.05) is 20.0 Å². The van der Waals surface area contributed by atoms with E-state index in [1.165, 1.54) is 11.8 Å². The highest BCUT2D eigenvalue weighted by atomic mass is 32.2. The molecule has 2 atom stereocenters. The summed E-state index contributed by atoms with van der Waals surface area (Å²) in [6, 6.07) is 0. The van der Waals surface area contributed by atoms with Crippen LogP contribution in [0, 0.1) is 0 Å². The van der Waals surface area contributed by atoms with E-state index in [1.54, 1.807) is 7.11 Å². The van der Waals surface area contributed by atoms with Crippen LogP contribution in [0.25, 0.3) is 0 Å². The lowest BCUT2D eigenvalue weighted by molar-refractivity contribution is -0.149. The Kier molecular flexibility index (Phi) is 6.20. The predicted molar refractivity (Wildman–Crippen MR) is 50.4 cm³/mol. The van der Waals surface area contributed by atoms with Crippen LogP contribution >= 0.6 is 11.8 Å². The van der Waals surface area contributed by atoms with Crippen molar-refractivity contribution < 1.29 is 14.3 Å². The first-order chi connectivity index (χ1) is 5.61. The monoisotopic (exact) mass is 192 g/mol. The molecule has 0 fully saturated rings. The minimum atomic E-state index is -0.174. The zero-order chi connectivity index (χ0) is 9.56. The van der Waals surface area contributed by atoms with E-state index in [1.807, 2.05) is 20.1 Å². The van der Waals surface area contributed by atoms with Gasteiger partial charge in [0.05, 0.1) is 11.9 Å². The van der Waals surface area contributed by atoms with Crippen LogP contribution in [-0.2, 0) is 14.3 Å². The molecule has 12 heavy (non-hydrogen) atoms. The molecule has 3 nitrogen and oxygen atoms in total. The van der Waals surface area contributed by atoms with Gasteiger partial charge < -0.3 is 9.47 Å². The van der Waals surface area contributed by atoms with Gasteiger partial charge in [0.15, 0.2) is 0 Å². The summed E-state index contributed by atoms with van der Waals surface area (Å²) in [5.74, 6) is -0.174. The Hall–Kier alpha value is -0.220. The van der Waals surface area contributed by atoms with E-state index >= 15 is 0 Å². The lowest BCUT2D eigenvalue weighted by atomic mass is 10.4. The molecule has 0 N–H and O–H groups in total. The molecule has 0 aromatic carbocycles. The highest BCUT2D eigenvalue weighted by Gasteiger charge is 2.15. The van der Waals surface area contributed by atoms with Gasteiger partial charge in [-0.15, -0.1) is 0 Å². The highest BCUT2D eigenvalue weighted by Crippen LogP contribution is 2.08. The van der Waals surface area contributed by atoms with Crippen molar-refractivity contribution in [1.29, 1.82) is 0 Å². The van der Waals surface area contributed by atoms with Gasteiger partial charge in [-0.3, -0.25) is 4.79 Å². The number of ether oxygens (including phenoxy) is 2. The van der Waals surface area contributed by atoms with Gasteiger partial charge in [0.2, 0.25) is 0 Å². The lowest BCUT2D eigenvalue weighted by Gasteiger charge is -2.14. The Balaban J connectivity index is 3.67. The van der Waals surface area contributed by atoms with Crippen molar-refractivity contribution >= 4 is 17.7 Å². The van der Waals surface area contributed by atoms with Gasteiger partial charge in [0.1, 0.15) is 6.10 Å². The van der Waals surface area contributed by atoms with Crippen LogP contribution in [-0.4, -0.2) is 37.3 Å². The summed E-state index contributed by atoms with van der Waals surface area (Å²) in [4.78, 5) is 11.2. The van der Waals surface area contributed by atoms with Gasteiger partial charge in [0, 0.05) is 7.11 Å². The Morgan fingerprint density at radius 2 is 2.08 bits per heavy atom. The normalized spacial score (nSPS) is 15.3. The van der Waals surface area contributed by atoms with Crippen LogP contribution in [0.3, 0.4) is 0 Å². The molecule has 0 saturated heterocycles. The van der Waals surface area contributed by atoms with Gasteiger partial charge in [-0.1, -0.05) is 0 Å². The molecule has 0 saturated carbocycles. The van der Waals surface area contributed by atoms with Crippen molar-refractivity contribution in [3.63, 3.8) is 0 Å². The molecular weight excluding hydrogens is 176 g/mol. The summed E-state index contributed by atoms with van der Waals surface area (Å²) in [6.07, 6.45) is 1.73. The quantitative estimate of drug-likeness (QED) is 0.615. The molecule has 2 unspecified atom stereocenters. The average molecular weight is 192 g/mol. The summed E-state index contributed by atoms with van der Waals surface area (Å²) >= 11 is 1.48. The molecule has 72 valence electrons. The fraction of sp³-hybridized carbons (Fsp3) is 0.875. The summed E-state index contributed by atoms with van der Waals surface area (Å²) in [7, 11) is 1.59. The fourth-order valence-electron chi connectivity index (χ4n) is 0.659. The van der Waals surface area contributed by atoms with Crippen molar-refractivity contribution in [1.82, 2.24) is 0 Å². The van der Waals surface area contributed by atoms with Gasteiger partial charge in [0.25, 0.3) is 0 Å². The predicted octanol–water partition coefficient (Wildman–Crippen LogP) is 1.32. The summed E-state index contributed by atoms with van der Waals surface area (Å²) < 4.78 is 9.89. The number of hydrogen-bond acceptors (Lipinski definition) is 4. The SMILES string of the molecule is COCC(C)OC(=O)C(C)SC.